The van der Waals surface area contributed by atoms with Gasteiger partial charge < -0.3 is 10.6 Å². The van der Waals surface area contributed by atoms with Gasteiger partial charge in [0.15, 0.2) is 5.82 Å². The van der Waals surface area contributed by atoms with E-state index in [0.717, 1.165) is 16.7 Å². The summed E-state index contributed by atoms with van der Waals surface area (Å²) in [6, 6.07) is 6.75. The van der Waals surface area contributed by atoms with Crippen LogP contribution in [0.3, 0.4) is 0 Å². The van der Waals surface area contributed by atoms with Crippen LogP contribution in [0.25, 0.3) is 11.0 Å². The van der Waals surface area contributed by atoms with Gasteiger partial charge in [-0.1, -0.05) is 6.07 Å². The lowest BCUT2D eigenvalue weighted by Gasteiger charge is -2.10. The average molecular weight is 306 g/mol. The highest BCUT2D eigenvalue weighted by molar-refractivity contribution is 5.87. The predicted molar refractivity (Wildman–Crippen MR) is 91.0 cm³/mol. The van der Waals surface area contributed by atoms with E-state index in [1.807, 2.05) is 6.07 Å². The number of aromatic nitrogens is 4. The van der Waals surface area contributed by atoms with Crippen LogP contribution >= 0.6 is 0 Å². The molecule has 1 fully saturated rings. The molecule has 1 aliphatic carbocycles. The quantitative estimate of drug-likeness (QED) is 0.770. The molecule has 0 atom stereocenters. The number of anilines is 3. The summed E-state index contributed by atoms with van der Waals surface area (Å²) in [7, 11) is 0. The number of aryl methyl sites for hydroxylation is 2. The van der Waals surface area contributed by atoms with Gasteiger partial charge in [-0.2, -0.15) is 0 Å². The number of hydrogen-bond acceptors (Lipinski definition) is 6. The van der Waals surface area contributed by atoms with Gasteiger partial charge in [-0.3, -0.25) is 0 Å². The Morgan fingerprint density at radius 2 is 1.91 bits per heavy atom. The highest BCUT2D eigenvalue weighted by Crippen LogP contribution is 2.26. The van der Waals surface area contributed by atoms with Gasteiger partial charge in [0.25, 0.3) is 0 Å². The first kappa shape index (κ1) is 13.9. The third-order valence-electron chi connectivity index (χ3n) is 4.06. The van der Waals surface area contributed by atoms with Crippen LogP contribution in [0.1, 0.15) is 24.0 Å². The fourth-order valence-electron chi connectivity index (χ4n) is 2.38. The number of benzene rings is 1. The monoisotopic (exact) mass is 306 g/mol. The molecule has 3 aromatic rings. The maximum Gasteiger partial charge on any atom is 0.223 e. The first-order valence-electron chi connectivity index (χ1n) is 7.77. The Morgan fingerprint density at radius 3 is 2.70 bits per heavy atom. The van der Waals surface area contributed by atoms with Gasteiger partial charge >= 0.3 is 0 Å². The summed E-state index contributed by atoms with van der Waals surface area (Å²) in [4.78, 5) is 17.5. The van der Waals surface area contributed by atoms with Gasteiger partial charge in [-0.05, 0) is 49.9 Å². The molecule has 2 N–H and O–H groups in total. The maximum absolute atomic E-state index is 4.58. The molecule has 0 bridgehead atoms. The lowest BCUT2D eigenvalue weighted by atomic mass is 10.1. The largest absolute Gasteiger partial charge is 0.351 e. The van der Waals surface area contributed by atoms with Crippen molar-refractivity contribution in [3.05, 3.63) is 41.9 Å². The second kappa shape index (κ2) is 5.46. The summed E-state index contributed by atoms with van der Waals surface area (Å²) >= 11 is 0. The van der Waals surface area contributed by atoms with Crippen LogP contribution in [0, 0.1) is 13.8 Å². The van der Waals surface area contributed by atoms with Crippen molar-refractivity contribution in [3.63, 3.8) is 0 Å². The first-order chi connectivity index (χ1) is 11.2. The number of rotatable bonds is 4. The number of fused-ring (bicyclic) bond motifs is 1. The normalized spacial score (nSPS) is 14.0. The van der Waals surface area contributed by atoms with Gasteiger partial charge in [0.2, 0.25) is 5.95 Å². The second-order valence-electron chi connectivity index (χ2n) is 5.99. The van der Waals surface area contributed by atoms with Crippen molar-refractivity contribution in [2.45, 2.75) is 32.7 Å². The molecular weight excluding hydrogens is 288 g/mol. The molecule has 1 saturated carbocycles. The van der Waals surface area contributed by atoms with Crippen molar-refractivity contribution >= 4 is 28.5 Å². The van der Waals surface area contributed by atoms with Crippen LogP contribution < -0.4 is 10.6 Å². The van der Waals surface area contributed by atoms with Gasteiger partial charge in [-0.15, -0.1) is 0 Å². The zero-order valence-corrected chi connectivity index (χ0v) is 13.2. The number of nitrogens with zero attached hydrogens (tertiary/aromatic N) is 4. The van der Waals surface area contributed by atoms with Gasteiger partial charge in [0.05, 0.1) is 6.20 Å². The van der Waals surface area contributed by atoms with E-state index < -0.39 is 0 Å². The highest BCUT2D eigenvalue weighted by Gasteiger charge is 2.22. The van der Waals surface area contributed by atoms with Gasteiger partial charge in [0, 0.05) is 11.7 Å². The Bertz CT molecular complexity index is 872. The molecule has 23 heavy (non-hydrogen) atoms. The Labute approximate surface area is 134 Å². The second-order valence-corrected chi connectivity index (χ2v) is 5.99. The molecule has 1 aliphatic rings. The molecule has 1 aromatic carbocycles. The molecule has 0 unspecified atom stereocenters. The van der Waals surface area contributed by atoms with E-state index in [9.17, 15) is 0 Å². The SMILES string of the molecule is Cc1ccc(Nc2ncnc3cnc(NC4CC4)nc23)cc1C. The van der Waals surface area contributed by atoms with E-state index in [1.54, 1.807) is 6.20 Å². The molecule has 0 radical (unpaired) electrons. The van der Waals surface area contributed by atoms with Crippen molar-refractivity contribution < 1.29 is 0 Å². The zero-order valence-electron chi connectivity index (χ0n) is 13.2. The van der Waals surface area contributed by atoms with Crippen molar-refractivity contribution in [3.8, 4) is 0 Å². The summed E-state index contributed by atoms with van der Waals surface area (Å²) < 4.78 is 0. The van der Waals surface area contributed by atoms with Crippen LogP contribution in [0.2, 0.25) is 0 Å². The third-order valence-corrected chi connectivity index (χ3v) is 4.06. The van der Waals surface area contributed by atoms with E-state index in [-0.39, 0.29) is 0 Å². The molecule has 0 aliphatic heterocycles. The van der Waals surface area contributed by atoms with Crippen LogP contribution in [0.15, 0.2) is 30.7 Å². The average Bonchev–Trinajstić information content (AvgIpc) is 3.35. The Morgan fingerprint density at radius 1 is 1.04 bits per heavy atom. The molecule has 116 valence electrons. The third kappa shape index (κ3) is 2.92. The molecule has 0 saturated heterocycles. The molecule has 2 aromatic heterocycles. The Balaban J connectivity index is 1.71. The molecule has 0 spiro atoms. The summed E-state index contributed by atoms with van der Waals surface area (Å²) in [6.07, 6.45) is 5.63. The van der Waals surface area contributed by atoms with E-state index in [4.69, 9.17) is 0 Å². The van der Waals surface area contributed by atoms with Crippen molar-refractivity contribution in [1.82, 2.24) is 19.9 Å². The summed E-state index contributed by atoms with van der Waals surface area (Å²) in [5, 5.41) is 6.65. The molecule has 2 heterocycles. The minimum atomic E-state index is 0.508. The highest BCUT2D eigenvalue weighted by atomic mass is 15.1. The molecule has 4 rings (SSSR count). The molecule has 6 heteroatoms. The van der Waals surface area contributed by atoms with Crippen LogP contribution in [0.5, 0.6) is 0 Å². The minimum Gasteiger partial charge on any atom is -0.351 e. The lowest BCUT2D eigenvalue weighted by molar-refractivity contribution is 1.06. The first-order valence-corrected chi connectivity index (χ1v) is 7.77. The van der Waals surface area contributed by atoms with E-state index in [2.05, 4.69) is 56.5 Å². The number of hydrogen-bond donors (Lipinski definition) is 2. The summed E-state index contributed by atoms with van der Waals surface area (Å²) in [6.45, 7) is 4.20. The lowest BCUT2D eigenvalue weighted by Crippen LogP contribution is -2.06. The van der Waals surface area contributed by atoms with Crippen molar-refractivity contribution in [2.24, 2.45) is 0 Å². The fourth-order valence-corrected chi connectivity index (χ4v) is 2.38. The van der Waals surface area contributed by atoms with E-state index >= 15 is 0 Å². The molecule has 0 amide bonds. The molecular formula is C17H18N6. The van der Waals surface area contributed by atoms with Crippen LogP contribution in [0.4, 0.5) is 17.5 Å². The topological polar surface area (TPSA) is 75.6 Å². The van der Waals surface area contributed by atoms with E-state index in [1.165, 1.54) is 30.3 Å². The maximum atomic E-state index is 4.58. The minimum absolute atomic E-state index is 0.508. The Hall–Kier alpha value is -2.76. The predicted octanol–water partition coefficient (Wildman–Crippen LogP) is 3.35. The van der Waals surface area contributed by atoms with Crippen molar-refractivity contribution in [2.75, 3.05) is 10.6 Å². The summed E-state index contributed by atoms with van der Waals surface area (Å²) in [5.41, 5.74) is 4.94. The van der Waals surface area contributed by atoms with Gasteiger partial charge in [0.1, 0.15) is 17.4 Å². The Kier molecular flexibility index (Phi) is 3.29. The van der Waals surface area contributed by atoms with Crippen molar-refractivity contribution in [1.29, 1.82) is 0 Å². The van der Waals surface area contributed by atoms with Crippen LogP contribution in [-0.4, -0.2) is 26.0 Å². The number of nitrogens with one attached hydrogen (secondary N) is 2. The smallest absolute Gasteiger partial charge is 0.223 e. The molecule has 6 nitrogen and oxygen atoms in total. The van der Waals surface area contributed by atoms with Crippen LogP contribution in [-0.2, 0) is 0 Å². The fraction of sp³-hybridized carbons (Fsp3) is 0.294. The van der Waals surface area contributed by atoms with Gasteiger partial charge in [-0.25, -0.2) is 19.9 Å². The van der Waals surface area contributed by atoms with E-state index in [0.29, 0.717) is 17.8 Å². The standard InChI is InChI=1S/C17H18N6/c1-10-3-4-13(7-11(10)2)21-16-15-14(19-9-20-16)8-18-17(23-15)22-12-5-6-12/h3-4,7-9,12H,5-6H2,1-2H3,(H,18,22,23)(H,19,20,21). The summed E-state index contributed by atoms with van der Waals surface area (Å²) in [5.74, 6) is 1.33. The zero-order chi connectivity index (χ0) is 15.8.